The lowest BCUT2D eigenvalue weighted by molar-refractivity contribution is -0.128. The molecule has 0 aromatic heterocycles. The van der Waals surface area contributed by atoms with Gasteiger partial charge in [0.1, 0.15) is 4.83 Å². The maximum absolute atomic E-state index is 12.6. The molecule has 1 atom stereocenters. The van der Waals surface area contributed by atoms with Crippen LogP contribution in [-0.4, -0.2) is 12.1 Å². The predicted octanol–water partition coefficient (Wildman–Crippen LogP) is 3.96. The number of carbonyl (C=O) groups excluding carboxylic acids is 1. The first kappa shape index (κ1) is 13.4. The Balaban J connectivity index is 2.32. The number of hydrogen-bond acceptors (Lipinski definition) is 1. The molecule has 2 nitrogen and oxygen atoms in total. The Morgan fingerprint density at radius 1 is 1.28 bits per heavy atom. The molecule has 0 saturated heterocycles. The second-order valence-corrected chi connectivity index (χ2v) is 5.14. The van der Waals surface area contributed by atoms with E-state index in [9.17, 15) is 18.0 Å². The number of anilines is 1. The van der Waals surface area contributed by atoms with E-state index in [-0.39, 0.29) is 11.5 Å². The number of carbonyl (C=O) groups is 1. The van der Waals surface area contributed by atoms with Crippen molar-refractivity contribution in [2.24, 2.45) is 0 Å². The predicted molar refractivity (Wildman–Crippen MR) is 65.7 cm³/mol. The van der Waals surface area contributed by atoms with Gasteiger partial charge in [-0.1, -0.05) is 28.1 Å². The molecule has 0 spiro atoms. The lowest BCUT2D eigenvalue weighted by atomic mass is 10.0. The molecule has 1 aromatic carbocycles. The minimum Gasteiger partial charge on any atom is -0.326 e. The average molecular weight is 322 g/mol. The van der Waals surface area contributed by atoms with Gasteiger partial charge >= 0.3 is 6.18 Å². The van der Waals surface area contributed by atoms with Crippen molar-refractivity contribution in [1.82, 2.24) is 0 Å². The van der Waals surface area contributed by atoms with E-state index >= 15 is 0 Å². The quantitative estimate of drug-likeness (QED) is 0.779. The molecule has 0 fully saturated rings. The van der Waals surface area contributed by atoms with E-state index < -0.39 is 11.0 Å². The summed E-state index contributed by atoms with van der Waals surface area (Å²) in [6.07, 6.45) is -2.65. The minimum absolute atomic E-state index is 0.0901. The lowest BCUT2D eigenvalue weighted by Gasteiger charge is -2.16. The molecule has 1 aromatic rings. The summed E-state index contributed by atoms with van der Waals surface area (Å²) in [5.41, 5.74) is 1.53. The summed E-state index contributed by atoms with van der Waals surface area (Å²) in [6, 6.07) is 4.43. The van der Waals surface area contributed by atoms with E-state index in [2.05, 4.69) is 21.2 Å². The summed E-state index contributed by atoms with van der Waals surface area (Å²) in [5, 5.41) is 2.69. The largest absolute Gasteiger partial charge is 0.405 e. The average Bonchev–Trinajstić information content (AvgIpc) is 2.46. The van der Waals surface area contributed by atoms with Crippen molar-refractivity contribution in [2.45, 2.75) is 30.3 Å². The first-order chi connectivity index (χ1) is 8.38. The first-order valence-electron chi connectivity index (χ1n) is 5.51. The molecule has 0 aliphatic carbocycles. The van der Waals surface area contributed by atoms with Crippen molar-refractivity contribution >= 4 is 27.5 Å². The van der Waals surface area contributed by atoms with E-state index in [1.807, 2.05) is 0 Å². The summed E-state index contributed by atoms with van der Waals surface area (Å²) in [6.45, 7) is 0. The van der Waals surface area contributed by atoms with Crippen LogP contribution in [0.5, 0.6) is 0 Å². The molecule has 1 heterocycles. The van der Waals surface area contributed by atoms with Gasteiger partial charge in [-0.25, -0.2) is 0 Å². The number of amides is 1. The molecule has 0 saturated carbocycles. The fourth-order valence-electron chi connectivity index (χ4n) is 1.94. The van der Waals surface area contributed by atoms with Crippen LogP contribution in [0.1, 0.15) is 28.8 Å². The van der Waals surface area contributed by atoms with Crippen molar-refractivity contribution in [1.29, 1.82) is 0 Å². The van der Waals surface area contributed by atoms with Gasteiger partial charge in [0.2, 0.25) is 5.91 Å². The molecule has 1 amide bonds. The molecular formula is C12H11BrF3NO. The molecule has 1 aliphatic rings. The highest BCUT2D eigenvalue weighted by molar-refractivity contribution is 9.09. The fourth-order valence-corrected chi connectivity index (χ4v) is 2.23. The van der Waals surface area contributed by atoms with E-state index in [4.69, 9.17) is 0 Å². The van der Waals surface area contributed by atoms with Gasteiger partial charge in [0.25, 0.3) is 0 Å². The minimum atomic E-state index is -4.32. The van der Waals surface area contributed by atoms with Crippen molar-refractivity contribution in [2.75, 3.05) is 5.32 Å². The SMILES string of the molecule is O=C1CCCc2cc(C(Br)C(F)(F)F)ccc2N1. The topological polar surface area (TPSA) is 29.1 Å². The number of benzene rings is 1. The molecule has 18 heavy (non-hydrogen) atoms. The van der Waals surface area contributed by atoms with E-state index in [0.717, 1.165) is 5.56 Å². The van der Waals surface area contributed by atoms with Gasteiger partial charge in [-0.15, -0.1) is 0 Å². The van der Waals surface area contributed by atoms with E-state index in [0.29, 0.717) is 24.9 Å². The summed E-state index contributed by atoms with van der Waals surface area (Å²) in [4.78, 5) is 9.65. The van der Waals surface area contributed by atoms with Gasteiger partial charge in [0.15, 0.2) is 0 Å². The molecule has 6 heteroatoms. The second-order valence-electron chi connectivity index (χ2n) is 4.22. The van der Waals surface area contributed by atoms with E-state index in [1.54, 1.807) is 0 Å². The number of alkyl halides is 4. The zero-order valence-corrected chi connectivity index (χ0v) is 10.9. The maximum atomic E-state index is 12.6. The van der Waals surface area contributed by atoms with Crippen molar-refractivity contribution in [3.05, 3.63) is 29.3 Å². The van der Waals surface area contributed by atoms with Gasteiger partial charge in [-0.2, -0.15) is 13.2 Å². The Hall–Kier alpha value is -1.04. The van der Waals surface area contributed by atoms with Gasteiger partial charge in [-0.3, -0.25) is 4.79 Å². The number of aryl methyl sites for hydroxylation is 1. The highest BCUT2D eigenvalue weighted by atomic mass is 79.9. The molecule has 98 valence electrons. The molecular weight excluding hydrogens is 311 g/mol. The van der Waals surface area contributed by atoms with Crippen LogP contribution < -0.4 is 5.32 Å². The summed E-state index contributed by atoms with van der Waals surface area (Å²) in [7, 11) is 0. The van der Waals surface area contributed by atoms with Crippen LogP contribution in [0, 0.1) is 0 Å². The molecule has 2 rings (SSSR count). The Bertz CT molecular complexity index is 473. The van der Waals surface area contributed by atoms with Crippen LogP contribution >= 0.6 is 15.9 Å². The number of halogens is 4. The molecule has 0 radical (unpaired) electrons. The fraction of sp³-hybridized carbons (Fsp3) is 0.417. The Morgan fingerprint density at radius 2 is 2.00 bits per heavy atom. The number of fused-ring (bicyclic) bond motifs is 1. The zero-order valence-electron chi connectivity index (χ0n) is 9.35. The molecule has 0 bridgehead atoms. The Kier molecular flexibility index (Phi) is 3.66. The highest BCUT2D eigenvalue weighted by Gasteiger charge is 2.39. The van der Waals surface area contributed by atoms with Crippen LogP contribution in [0.4, 0.5) is 18.9 Å². The summed E-state index contributed by atoms with van der Waals surface area (Å²) in [5.74, 6) is -0.0901. The third kappa shape index (κ3) is 2.85. The van der Waals surface area contributed by atoms with Crippen LogP contribution in [-0.2, 0) is 11.2 Å². The van der Waals surface area contributed by atoms with Crippen LogP contribution in [0.3, 0.4) is 0 Å². The second kappa shape index (κ2) is 4.91. The third-order valence-electron chi connectivity index (χ3n) is 2.83. The summed E-state index contributed by atoms with van der Waals surface area (Å²) < 4.78 is 37.8. The number of rotatable bonds is 1. The standard InChI is InChI=1S/C12H11BrF3NO/c13-11(12(14,15)16)8-4-5-9-7(6-8)2-1-3-10(18)17-9/h4-6,11H,1-3H2,(H,17,18). The first-order valence-corrected chi connectivity index (χ1v) is 6.43. The van der Waals surface area contributed by atoms with Crippen molar-refractivity contribution in [3.8, 4) is 0 Å². The monoisotopic (exact) mass is 321 g/mol. The van der Waals surface area contributed by atoms with Crippen LogP contribution in [0.25, 0.3) is 0 Å². The smallest absolute Gasteiger partial charge is 0.326 e. The lowest BCUT2D eigenvalue weighted by Crippen LogP contribution is -2.15. The number of hydrogen-bond donors (Lipinski definition) is 1. The van der Waals surface area contributed by atoms with E-state index in [1.165, 1.54) is 18.2 Å². The molecule has 1 unspecified atom stereocenters. The van der Waals surface area contributed by atoms with Gasteiger partial charge in [-0.05, 0) is 30.0 Å². The van der Waals surface area contributed by atoms with Crippen LogP contribution in [0.2, 0.25) is 0 Å². The van der Waals surface area contributed by atoms with Gasteiger partial charge < -0.3 is 5.32 Å². The molecule has 1 aliphatic heterocycles. The third-order valence-corrected chi connectivity index (χ3v) is 3.88. The Morgan fingerprint density at radius 3 is 2.67 bits per heavy atom. The highest BCUT2D eigenvalue weighted by Crippen LogP contribution is 2.40. The van der Waals surface area contributed by atoms with Crippen molar-refractivity contribution in [3.63, 3.8) is 0 Å². The van der Waals surface area contributed by atoms with Gasteiger partial charge in [0, 0.05) is 12.1 Å². The molecule has 1 N–H and O–H groups in total. The van der Waals surface area contributed by atoms with Crippen LogP contribution in [0.15, 0.2) is 18.2 Å². The summed E-state index contributed by atoms with van der Waals surface area (Å²) >= 11 is 2.65. The Labute approximate surface area is 111 Å². The van der Waals surface area contributed by atoms with Crippen molar-refractivity contribution < 1.29 is 18.0 Å². The zero-order chi connectivity index (χ0) is 13.3. The maximum Gasteiger partial charge on any atom is 0.405 e. The number of nitrogens with one attached hydrogen (secondary N) is 1. The van der Waals surface area contributed by atoms with Gasteiger partial charge in [0.05, 0.1) is 0 Å². The normalized spacial score (nSPS) is 17.7.